The molecule has 8 heteroatoms. The number of rotatable bonds is 3. The summed E-state index contributed by atoms with van der Waals surface area (Å²) in [6, 6.07) is 6.73. The molecule has 0 radical (unpaired) electrons. The van der Waals surface area contributed by atoms with Gasteiger partial charge >= 0.3 is 12.3 Å². The normalized spacial score (nSPS) is 11.1. The van der Waals surface area contributed by atoms with Gasteiger partial charge < -0.3 is 9.47 Å². The fourth-order valence-corrected chi connectivity index (χ4v) is 1.70. The second kappa shape index (κ2) is 6.00. The van der Waals surface area contributed by atoms with E-state index in [9.17, 15) is 22.4 Å². The quantitative estimate of drug-likeness (QED) is 0.642. The molecule has 0 fully saturated rings. The summed E-state index contributed by atoms with van der Waals surface area (Å²) in [6.45, 7) is 0. The number of ether oxygens (including phenoxy) is 2. The van der Waals surface area contributed by atoms with Gasteiger partial charge in [-0.3, -0.25) is 0 Å². The van der Waals surface area contributed by atoms with Crippen molar-refractivity contribution in [1.82, 2.24) is 4.98 Å². The summed E-state index contributed by atoms with van der Waals surface area (Å²) in [5, 5.41) is 0. The number of hydrogen-bond donors (Lipinski definition) is 0. The lowest BCUT2D eigenvalue weighted by atomic mass is 10.1. The van der Waals surface area contributed by atoms with Gasteiger partial charge in [-0.2, -0.15) is 0 Å². The number of carbonyl (C=O) groups excluding carboxylic acids is 1. The maximum absolute atomic E-state index is 13.8. The van der Waals surface area contributed by atoms with Crippen LogP contribution in [0.25, 0.3) is 11.3 Å². The number of pyridine rings is 1. The van der Waals surface area contributed by atoms with Crippen LogP contribution in [0.15, 0.2) is 36.4 Å². The van der Waals surface area contributed by atoms with Crippen molar-refractivity contribution in [2.45, 2.75) is 6.36 Å². The molecule has 22 heavy (non-hydrogen) atoms. The highest BCUT2D eigenvalue weighted by Gasteiger charge is 2.31. The van der Waals surface area contributed by atoms with Crippen LogP contribution in [0.2, 0.25) is 0 Å². The largest absolute Gasteiger partial charge is 0.573 e. The van der Waals surface area contributed by atoms with E-state index in [-0.39, 0.29) is 17.0 Å². The number of halogens is 4. The SMILES string of the molecule is COC(=O)c1ccc(F)c(-c2cccc(OC(F)(F)F)c2)n1. The van der Waals surface area contributed by atoms with Crippen molar-refractivity contribution in [2.75, 3.05) is 7.11 Å². The van der Waals surface area contributed by atoms with Crippen LogP contribution < -0.4 is 4.74 Å². The fraction of sp³-hybridized carbons (Fsp3) is 0.143. The van der Waals surface area contributed by atoms with Crippen LogP contribution in [0.5, 0.6) is 5.75 Å². The zero-order chi connectivity index (χ0) is 16.3. The first-order chi connectivity index (χ1) is 10.3. The summed E-state index contributed by atoms with van der Waals surface area (Å²) in [5.41, 5.74) is -0.415. The number of hydrogen-bond acceptors (Lipinski definition) is 4. The molecule has 0 N–H and O–H groups in total. The molecule has 0 saturated heterocycles. The van der Waals surface area contributed by atoms with Gasteiger partial charge in [-0.05, 0) is 24.3 Å². The number of methoxy groups -OCH3 is 1. The molecule has 4 nitrogen and oxygen atoms in total. The van der Waals surface area contributed by atoms with Gasteiger partial charge in [0.1, 0.15) is 23.0 Å². The zero-order valence-electron chi connectivity index (χ0n) is 11.1. The molecule has 1 heterocycles. The Hall–Kier alpha value is -2.64. The maximum Gasteiger partial charge on any atom is 0.573 e. The van der Waals surface area contributed by atoms with Crippen LogP contribution in [0, 0.1) is 5.82 Å². The summed E-state index contributed by atoms with van der Waals surface area (Å²) in [6.07, 6.45) is -4.86. The minimum Gasteiger partial charge on any atom is -0.464 e. The molecule has 1 aromatic carbocycles. The third kappa shape index (κ3) is 3.72. The van der Waals surface area contributed by atoms with E-state index in [1.54, 1.807) is 0 Å². The third-order valence-corrected chi connectivity index (χ3v) is 2.58. The Bertz CT molecular complexity index is 701. The Morgan fingerprint density at radius 3 is 2.55 bits per heavy atom. The van der Waals surface area contributed by atoms with Gasteiger partial charge in [-0.25, -0.2) is 14.2 Å². The van der Waals surface area contributed by atoms with Crippen molar-refractivity contribution in [1.29, 1.82) is 0 Å². The van der Waals surface area contributed by atoms with Gasteiger partial charge in [0.15, 0.2) is 0 Å². The lowest BCUT2D eigenvalue weighted by molar-refractivity contribution is -0.274. The second-order valence-corrected chi connectivity index (χ2v) is 4.09. The average Bonchev–Trinajstić information content (AvgIpc) is 2.45. The molecule has 0 spiro atoms. The topological polar surface area (TPSA) is 48.4 Å². The third-order valence-electron chi connectivity index (χ3n) is 2.58. The summed E-state index contributed by atoms with van der Waals surface area (Å²) >= 11 is 0. The lowest BCUT2D eigenvalue weighted by Gasteiger charge is -2.10. The number of alkyl halides is 3. The summed E-state index contributed by atoms with van der Waals surface area (Å²) in [7, 11) is 1.13. The minimum absolute atomic E-state index is 0.0324. The van der Waals surface area contributed by atoms with Crippen LogP contribution in [0.1, 0.15) is 10.5 Å². The summed E-state index contributed by atoms with van der Waals surface area (Å²) in [4.78, 5) is 15.1. The van der Waals surface area contributed by atoms with Crippen molar-refractivity contribution >= 4 is 5.97 Å². The number of carbonyl (C=O) groups is 1. The van der Waals surface area contributed by atoms with Gasteiger partial charge in [-0.15, -0.1) is 13.2 Å². The van der Waals surface area contributed by atoms with Crippen molar-refractivity contribution in [3.8, 4) is 17.0 Å². The number of benzene rings is 1. The molecule has 0 aliphatic carbocycles. The fourth-order valence-electron chi connectivity index (χ4n) is 1.70. The van der Waals surface area contributed by atoms with Crippen molar-refractivity contribution < 1.29 is 31.8 Å². The Balaban J connectivity index is 2.43. The van der Waals surface area contributed by atoms with E-state index in [0.717, 1.165) is 31.4 Å². The van der Waals surface area contributed by atoms with E-state index in [4.69, 9.17) is 0 Å². The molecular weight excluding hydrogens is 306 g/mol. The highest BCUT2D eigenvalue weighted by atomic mass is 19.4. The Morgan fingerprint density at radius 1 is 1.18 bits per heavy atom. The van der Waals surface area contributed by atoms with E-state index in [1.165, 1.54) is 12.1 Å². The molecular formula is C14H9F4NO3. The van der Waals surface area contributed by atoms with Crippen LogP contribution >= 0.6 is 0 Å². The lowest BCUT2D eigenvalue weighted by Crippen LogP contribution is -2.17. The standard InChI is InChI=1S/C14H9F4NO3/c1-21-13(20)11-6-5-10(15)12(19-11)8-3-2-4-9(7-8)22-14(16,17)18/h2-7H,1H3. The van der Waals surface area contributed by atoms with Crippen molar-refractivity contribution in [3.63, 3.8) is 0 Å². The Kier molecular flexibility index (Phi) is 4.30. The van der Waals surface area contributed by atoms with E-state index < -0.39 is 23.9 Å². The van der Waals surface area contributed by atoms with Crippen molar-refractivity contribution in [2.24, 2.45) is 0 Å². The zero-order valence-corrected chi connectivity index (χ0v) is 11.1. The first-order valence-electron chi connectivity index (χ1n) is 5.91. The number of aromatic nitrogens is 1. The second-order valence-electron chi connectivity index (χ2n) is 4.09. The molecule has 2 aromatic rings. The number of nitrogens with zero attached hydrogens (tertiary/aromatic N) is 1. The van der Waals surface area contributed by atoms with E-state index in [1.807, 2.05) is 0 Å². The predicted octanol–water partition coefficient (Wildman–Crippen LogP) is 3.57. The van der Waals surface area contributed by atoms with Crippen LogP contribution in [0.3, 0.4) is 0 Å². The van der Waals surface area contributed by atoms with Gasteiger partial charge in [0.05, 0.1) is 7.11 Å². The van der Waals surface area contributed by atoms with E-state index in [0.29, 0.717) is 0 Å². The van der Waals surface area contributed by atoms with Crippen molar-refractivity contribution in [3.05, 3.63) is 47.9 Å². The predicted molar refractivity (Wildman–Crippen MR) is 67.7 cm³/mol. The number of esters is 1. The molecule has 116 valence electrons. The van der Waals surface area contributed by atoms with Crippen LogP contribution in [-0.2, 0) is 4.74 Å². The van der Waals surface area contributed by atoms with E-state index in [2.05, 4.69) is 14.5 Å². The molecule has 0 atom stereocenters. The summed E-state index contributed by atoms with van der Waals surface area (Å²) < 4.78 is 58.6. The summed E-state index contributed by atoms with van der Waals surface area (Å²) in [5.74, 6) is -2.10. The monoisotopic (exact) mass is 315 g/mol. The van der Waals surface area contributed by atoms with E-state index >= 15 is 0 Å². The first kappa shape index (κ1) is 15.7. The van der Waals surface area contributed by atoms with Crippen LogP contribution in [0.4, 0.5) is 17.6 Å². The molecule has 2 rings (SSSR count). The molecule has 1 aromatic heterocycles. The molecule has 0 aliphatic rings. The smallest absolute Gasteiger partial charge is 0.464 e. The highest BCUT2D eigenvalue weighted by molar-refractivity contribution is 5.87. The highest BCUT2D eigenvalue weighted by Crippen LogP contribution is 2.28. The van der Waals surface area contributed by atoms with Gasteiger partial charge in [0, 0.05) is 5.56 Å². The maximum atomic E-state index is 13.8. The average molecular weight is 315 g/mol. The Labute approximate surface area is 122 Å². The van der Waals surface area contributed by atoms with Gasteiger partial charge in [0.25, 0.3) is 0 Å². The Morgan fingerprint density at radius 2 is 1.91 bits per heavy atom. The van der Waals surface area contributed by atoms with Crippen LogP contribution in [-0.4, -0.2) is 24.4 Å². The molecule has 0 saturated carbocycles. The molecule has 0 amide bonds. The molecule has 0 bridgehead atoms. The van der Waals surface area contributed by atoms with Gasteiger partial charge in [0.2, 0.25) is 0 Å². The molecule has 0 unspecified atom stereocenters. The first-order valence-corrected chi connectivity index (χ1v) is 5.91. The van der Waals surface area contributed by atoms with Gasteiger partial charge in [-0.1, -0.05) is 12.1 Å². The molecule has 0 aliphatic heterocycles. The minimum atomic E-state index is -4.86.